The molecule has 6 heteroatoms. The second-order valence-electron chi connectivity index (χ2n) is 9.34. The van der Waals surface area contributed by atoms with E-state index in [9.17, 15) is 4.79 Å². The molecule has 2 saturated heterocycles. The summed E-state index contributed by atoms with van der Waals surface area (Å²) in [7, 11) is 0. The highest BCUT2D eigenvalue weighted by Gasteiger charge is 2.35. The Morgan fingerprint density at radius 3 is 2.21 bits per heavy atom. The maximum atomic E-state index is 13.4. The summed E-state index contributed by atoms with van der Waals surface area (Å²) in [4.78, 5) is 13.4. The van der Waals surface area contributed by atoms with Crippen molar-refractivity contribution in [3.63, 3.8) is 0 Å². The smallest absolute Gasteiger partial charge is 0.194 e. The molecule has 3 aliphatic rings. The predicted octanol–water partition coefficient (Wildman–Crippen LogP) is 4.34. The van der Waals surface area contributed by atoms with Crippen molar-refractivity contribution in [1.82, 2.24) is 10.6 Å². The summed E-state index contributed by atoms with van der Waals surface area (Å²) in [5.74, 6) is 2.08. The molecule has 2 heterocycles. The normalized spacial score (nSPS) is 23.2. The first-order valence-electron chi connectivity index (χ1n) is 12.4. The molecule has 4 unspecified atom stereocenters. The molecule has 176 valence electrons. The van der Waals surface area contributed by atoms with Gasteiger partial charge in [0.15, 0.2) is 5.78 Å². The fourth-order valence-electron chi connectivity index (χ4n) is 5.39. The first-order valence-corrected chi connectivity index (χ1v) is 12.4. The predicted molar refractivity (Wildman–Crippen MR) is 129 cm³/mol. The Morgan fingerprint density at radius 1 is 0.909 bits per heavy atom. The highest BCUT2D eigenvalue weighted by atomic mass is 16.5. The summed E-state index contributed by atoms with van der Waals surface area (Å²) in [6, 6.07) is 10.2. The molecule has 2 N–H and O–H groups in total. The lowest BCUT2D eigenvalue weighted by Gasteiger charge is -2.24. The molecule has 4 atom stereocenters. The van der Waals surface area contributed by atoms with Crippen LogP contribution in [0.4, 0.5) is 0 Å². The van der Waals surface area contributed by atoms with Gasteiger partial charge in [0, 0.05) is 40.4 Å². The third-order valence-electron chi connectivity index (χ3n) is 7.11. The van der Waals surface area contributed by atoms with Crippen molar-refractivity contribution in [1.29, 1.82) is 0 Å². The Balaban J connectivity index is 1.50. The van der Waals surface area contributed by atoms with Crippen molar-refractivity contribution < 1.29 is 19.0 Å². The molecular weight excluding hydrogens is 416 g/mol. The number of ether oxygens (including phenoxy) is 3. The van der Waals surface area contributed by atoms with Crippen molar-refractivity contribution in [3.05, 3.63) is 41.5 Å². The first-order chi connectivity index (χ1) is 16.1. The van der Waals surface area contributed by atoms with Crippen LogP contribution in [0.5, 0.6) is 17.2 Å². The number of nitrogens with one attached hydrogen (secondary N) is 2. The lowest BCUT2D eigenvalue weighted by Crippen LogP contribution is -2.36. The SMILES string of the molecule is CCOc1cc(OC(C)C2CCCN2)cc2c1-c1c(OC(C)C3CCCN3)cccc1C2=O. The molecule has 0 aromatic heterocycles. The molecule has 0 saturated carbocycles. The van der Waals surface area contributed by atoms with E-state index in [0.717, 1.165) is 49.2 Å². The van der Waals surface area contributed by atoms with E-state index in [1.807, 2.05) is 37.3 Å². The van der Waals surface area contributed by atoms with Crippen LogP contribution in [-0.4, -0.2) is 49.8 Å². The van der Waals surface area contributed by atoms with Gasteiger partial charge in [-0.1, -0.05) is 12.1 Å². The Hall–Kier alpha value is -2.57. The van der Waals surface area contributed by atoms with Crippen molar-refractivity contribution in [2.75, 3.05) is 19.7 Å². The van der Waals surface area contributed by atoms with Crippen LogP contribution >= 0.6 is 0 Å². The minimum atomic E-state index is -0.00450. The van der Waals surface area contributed by atoms with Crippen molar-refractivity contribution >= 4 is 5.78 Å². The van der Waals surface area contributed by atoms with Gasteiger partial charge in [-0.25, -0.2) is 0 Å². The van der Waals surface area contributed by atoms with Crippen LogP contribution in [0, 0.1) is 0 Å². The second kappa shape index (κ2) is 9.35. The fraction of sp³-hybridized carbons (Fsp3) is 0.519. The van der Waals surface area contributed by atoms with E-state index < -0.39 is 0 Å². The van der Waals surface area contributed by atoms with Gasteiger partial charge in [0.1, 0.15) is 29.5 Å². The van der Waals surface area contributed by atoms with E-state index in [-0.39, 0.29) is 18.0 Å². The van der Waals surface area contributed by atoms with Gasteiger partial charge in [-0.15, -0.1) is 0 Å². The van der Waals surface area contributed by atoms with Crippen LogP contribution < -0.4 is 24.8 Å². The molecule has 2 aromatic rings. The summed E-state index contributed by atoms with van der Waals surface area (Å²) in [5, 5.41) is 7.01. The zero-order valence-corrected chi connectivity index (χ0v) is 19.8. The third kappa shape index (κ3) is 4.22. The molecule has 2 aliphatic heterocycles. The van der Waals surface area contributed by atoms with E-state index in [0.29, 0.717) is 41.3 Å². The Kier molecular flexibility index (Phi) is 6.30. The zero-order valence-electron chi connectivity index (χ0n) is 19.8. The molecule has 0 spiro atoms. The van der Waals surface area contributed by atoms with Crippen LogP contribution in [0.25, 0.3) is 11.1 Å². The Bertz CT molecular complexity index is 1030. The molecular formula is C27H34N2O4. The monoisotopic (exact) mass is 450 g/mol. The van der Waals surface area contributed by atoms with Gasteiger partial charge in [-0.05, 0) is 71.7 Å². The maximum Gasteiger partial charge on any atom is 0.194 e. The van der Waals surface area contributed by atoms with Gasteiger partial charge in [-0.3, -0.25) is 4.79 Å². The van der Waals surface area contributed by atoms with Gasteiger partial charge in [0.05, 0.1) is 6.61 Å². The summed E-state index contributed by atoms with van der Waals surface area (Å²) in [6.07, 6.45) is 4.55. The van der Waals surface area contributed by atoms with Crippen LogP contribution in [0.3, 0.4) is 0 Å². The van der Waals surface area contributed by atoms with Gasteiger partial charge in [-0.2, -0.15) is 0 Å². The quantitative estimate of drug-likeness (QED) is 0.532. The van der Waals surface area contributed by atoms with Gasteiger partial charge in [0.2, 0.25) is 0 Å². The molecule has 33 heavy (non-hydrogen) atoms. The minimum absolute atomic E-state index is 0.00450. The van der Waals surface area contributed by atoms with E-state index in [4.69, 9.17) is 14.2 Å². The number of carbonyl (C=O) groups excluding carboxylic acids is 1. The van der Waals surface area contributed by atoms with Crippen molar-refractivity contribution in [3.8, 4) is 28.4 Å². The molecule has 2 fully saturated rings. The summed E-state index contributed by atoms with van der Waals surface area (Å²) in [6.45, 7) is 8.69. The highest BCUT2D eigenvalue weighted by molar-refractivity contribution is 6.23. The average Bonchev–Trinajstić information content (AvgIpc) is 3.57. The largest absolute Gasteiger partial charge is 0.493 e. The maximum absolute atomic E-state index is 13.4. The van der Waals surface area contributed by atoms with Gasteiger partial charge >= 0.3 is 0 Å². The van der Waals surface area contributed by atoms with Crippen LogP contribution in [0.2, 0.25) is 0 Å². The van der Waals surface area contributed by atoms with E-state index in [1.165, 1.54) is 6.42 Å². The minimum Gasteiger partial charge on any atom is -0.493 e. The molecule has 0 radical (unpaired) electrons. The lowest BCUT2D eigenvalue weighted by molar-refractivity contribution is 0.104. The number of rotatable bonds is 8. The lowest BCUT2D eigenvalue weighted by atomic mass is 10.0. The van der Waals surface area contributed by atoms with Crippen molar-refractivity contribution in [2.24, 2.45) is 0 Å². The number of carbonyl (C=O) groups is 1. The molecule has 0 amide bonds. The van der Waals surface area contributed by atoms with Crippen LogP contribution in [-0.2, 0) is 0 Å². The number of hydrogen-bond donors (Lipinski definition) is 2. The first kappa shape index (κ1) is 22.2. The fourth-order valence-corrected chi connectivity index (χ4v) is 5.39. The number of hydrogen-bond acceptors (Lipinski definition) is 6. The van der Waals surface area contributed by atoms with Crippen molar-refractivity contribution in [2.45, 2.75) is 70.7 Å². The molecule has 1 aliphatic carbocycles. The highest BCUT2D eigenvalue weighted by Crippen LogP contribution is 2.49. The van der Waals surface area contributed by atoms with Crippen LogP contribution in [0.1, 0.15) is 62.4 Å². The average molecular weight is 451 g/mol. The van der Waals surface area contributed by atoms with E-state index >= 15 is 0 Å². The Labute approximate surface area is 196 Å². The molecule has 6 nitrogen and oxygen atoms in total. The molecule has 0 bridgehead atoms. The van der Waals surface area contributed by atoms with E-state index in [1.54, 1.807) is 0 Å². The van der Waals surface area contributed by atoms with Gasteiger partial charge < -0.3 is 24.8 Å². The van der Waals surface area contributed by atoms with E-state index in [2.05, 4.69) is 24.5 Å². The third-order valence-corrected chi connectivity index (χ3v) is 7.11. The zero-order chi connectivity index (χ0) is 22.9. The number of fused-ring (bicyclic) bond motifs is 3. The van der Waals surface area contributed by atoms with Crippen LogP contribution in [0.15, 0.2) is 30.3 Å². The molecule has 5 rings (SSSR count). The topological polar surface area (TPSA) is 68.8 Å². The molecule has 2 aromatic carbocycles. The van der Waals surface area contributed by atoms with Gasteiger partial charge in [0.25, 0.3) is 0 Å². The summed E-state index contributed by atoms with van der Waals surface area (Å²) >= 11 is 0. The second-order valence-corrected chi connectivity index (χ2v) is 9.34. The number of benzene rings is 2. The summed E-state index contributed by atoms with van der Waals surface area (Å²) < 4.78 is 18.8. The number of ketones is 1. The Morgan fingerprint density at radius 2 is 1.58 bits per heavy atom. The summed E-state index contributed by atoms with van der Waals surface area (Å²) in [5.41, 5.74) is 2.94. The standard InChI is InChI=1S/C27H34N2O4/c1-4-31-24-15-18(32-16(2)21-9-6-12-28-21)14-20-26(24)25-19(27(20)30)8-5-11-23(25)33-17(3)22-10-7-13-29-22/h5,8,11,14-17,21-22,28-29H,4,6-7,9-10,12-13H2,1-3H3.